The number of nitrogens with one attached hydrogen (secondary N) is 1. The Balaban J connectivity index is 2.36. The smallest absolute Gasteiger partial charge is 0.263 e. The fourth-order valence-electron chi connectivity index (χ4n) is 1.41. The molecule has 1 fully saturated rings. The predicted octanol–water partition coefficient (Wildman–Crippen LogP) is 2.67. The van der Waals surface area contributed by atoms with Crippen LogP contribution >= 0.6 is 15.9 Å². The molecule has 0 aromatic rings. The summed E-state index contributed by atoms with van der Waals surface area (Å²) in [6.45, 7) is 3.99. The molecule has 1 N–H and O–H groups in total. The molecule has 4 heteroatoms. The first-order valence-corrected chi connectivity index (χ1v) is 4.76. The Kier molecular flexibility index (Phi) is 3.23. The summed E-state index contributed by atoms with van der Waals surface area (Å²) in [4.78, 5) is 0. The first-order chi connectivity index (χ1) is 5.52. The normalized spacial score (nSPS) is 27.4. The van der Waals surface area contributed by atoms with Crippen LogP contribution < -0.4 is 5.32 Å². The monoisotopic (exact) mass is 239 g/mol. The van der Waals surface area contributed by atoms with Crippen molar-refractivity contribution in [1.82, 2.24) is 5.32 Å². The number of alkyl halides is 2. The molecule has 1 nitrogen and oxygen atoms in total. The molecule has 0 bridgehead atoms. The lowest BCUT2D eigenvalue weighted by Gasteiger charge is -2.19. The largest absolute Gasteiger partial charge is 0.304 e. The summed E-state index contributed by atoms with van der Waals surface area (Å²) in [6.07, 6.45) is 1.19. The van der Waals surface area contributed by atoms with Crippen LogP contribution in [0.3, 0.4) is 0 Å². The van der Waals surface area contributed by atoms with Gasteiger partial charge in [0.05, 0.1) is 6.04 Å². The lowest BCUT2D eigenvalue weighted by atomic mass is 10.2. The van der Waals surface area contributed by atoms with Crippen molar-refractivity contribution in [1.29, 1.82) is 0 Å². The van der Waals surface area contributed by atoms with E-state index in [4.69, 9.17) is 0 Å². The number of hydrogen-bond acceptors (Lipinski definition) is 1. The molecule has 0 aromatic heterocycles. The zero-order valence-electron chi connectivity index (χ0n) is 6.75. The van der Waals surface area contributed by atoms with Gasteiger partial charge in [-0.15, -0.1) is 0 Å². The zero-order chi connectivity index (χ0) is 9.19. The molecule has 1 saturated carbocycles. The van der Waals surface area contributed by atoms with Crippen LogP contribution in [0.15, 0.2) is 11.1 Å². The van der Waals surface area contributed by atoms with Crippen LogP contribution in [0.2, 0.25) is 0 Å². The predicted molar refractivity (Wildman–Crippen MR) is 48.7 cm³/mol. The third-order valence-electron chi connectivity index (χ3n) is 2.05. The summed E-state index contributed by atoms with van der Waals surface area (Å²) < 4.78 is 26.6. The van der Waals surface area contributed by atoms with Crippen LogP contribution in [0.25, 0.3) is 0 Å². The molecule has 0 saturated heterocycles. The van der Waals surface area contributed by atoms with Gasteiger partial charge in [-0.25, -0.2) is 8.78 Å². The van der Waals surface area contributed by atoms with Crippen LogP contribution in [-0.2, 0) is 0 Å². The van der Waals surface area contributed by atoms with Gasteiger partial charge < -0.3 is 5.32 Å². The van der Waals surface area contributed by atoms with Crippen molar-refractivity contribution in [3.8, 4) is 0 Å². The highest BCUT2D eigenvalue weighted by molar-refractivity contribution is 9.11. The van der Waals surface area contributed by atoms with E-state index in [0.29, 0.717) is 23.9 Å². The van der Waals surface area contributed by atoms with E-state index in [1.54, 1.807) is 0 Å². The average Bonchev–Trinajstić information content (AvgIpc) is 2.25. The highest BCUT2D eigenvalue weighted by atomic mass is 79.9. The van der Waals surface area contributed by atoms with Crippen LogP contribution in [0, 0.1) is 0 Å². The second kappa shape index (κ2) is 3.83. The molecule has 0 aliphatic heterocycles. The lowest BCUT2D eigenvalue weighted by Crippen LogP contribution is -2.40. The average molecular weight is 240 g/mol. The molecule has 12 heavy (non-hydrogen) atoms. The minimum Gasteiger partial charge on any atom is -0.304 e. The van der Waals surface area contributed by atoms with Crippen molar-refractivity contribution in [3.63, 3.8) is 0 Å². The zero-order valence-corrected chi connectivity index (χ0v) is 8.33. The minimum atomic E-state index is -2.53. The van der Waals surface area contributed by atoms with E-state index in [1.807, 2.05) is 0 Å². The van der Waals surface area contributed by atoms with Gasteiger partial charge in [-0.1, -0.05) is 22.5 Å². The van der Waals surface area contributed by atoms with Gasteiger partial charge >= 0.3 is 0 Å². The van der Waals surface area contributed by atoms with Gasteiger partial charge in [-0.05, 0) is 12.8 Å². The summed E-state index contributed by atoms with van der Waals surface area (Å²) in [5.74, 6) is -2.53. The Labute approximate surface area is 79.3 Å². The SMILES string of the molecule is C=C(Br)CNC1CCCC1(F)F. The minimum absolute atomic E-state index is 0.0133. The summed E-state index contributed by atoms with van der Waals surface area (Å²) in [7, 11) is 0. The first-order valence-electron chi connectivity index (χ1n) is 3.97. The molecule has 0 spiro atoms. The standard InChI is InChI=1S/C8H12BrF2N/c1-6(9)5-12-7-3-2-4-8(7,10)11/h7,12H,1-5H2. The molecule has 1 rings (SSSR count). The summed E-state index contributed by atoms with van der Waals surface area (Å²) in [6, 6.07) is -0.660. The van der Waals surface area contributed by atoms with Crippen molar-refractivity contribution in [2.45, 2.75) is 31.2 Å². The number of rotatable bonds is 3. The molecule has 0 aromatic carbocycles. The fourth-order valence-corrected chi connectivity index (χ4v) is 1.57. The van der Waals surface area contributed by atoms with Crippen LogP contribution in [-0.4, -0.2) is 18.5 Å². The summed E-state index contributed by atoms with van der Waals surface area (Å²) in [5.41, 5.74) is 0. The maximum Gasteiger partial charge on any atom is 0.263 e. The summed E-state index contributed by atoms with van der Waals surface area (Å²) >= 11 is 3.12. The molecular weight excluding hydrogens is 228 g/mol. The highest BCUT2D eigenvalue weighted by Crippen LogP contribution is 2.34. The van der Waals surface area contributed by atoms with E-state index in [0.717, 1.165) is 0 Å². The van der Waals surface area contributed by atoms with Crippen LogP contribution in [0.4, 0.5) is 8.78 Å². The second-order valence-electron chi connectivity index (χ2n) is 3.10. The Morgan fingerprint density at radius 1 is 1.67 bits per heavy atom. The van der Waals surface area contributed by atoms with E-state index >= 15 is 0 Å². The Morgan fingerprint density at radius 3 is 2.75 bits per heavy atom. The fraction of sp³-hybridized carbons (Fsp3) is 0.750. The topological polar surface area (TPSA) is 12.0 Å². The van der Waals surface area contributed by atoms with Crippen LogP contribution in [0.1, 0.15) is 19.3 Å². The van der Waals surface area contributed by atoms with Crippen molar-refractivity contribution >= 4 is 15.9 Å². The molecule has 1 unspecified atom stereocenters. The van der Waals surface area contributed by atoms with Gasteiger partial charge in [-0.2, -0.15) is 0 Å². The molecule has 1 atom stereocenters. The Morgan fingerprint density at radius 2 is 2.33 bits per heavy atom. The van der Waals surface area contributed by atoms with Gasteiger partial charge in [0, 0.05) is 17.4 Å². The van der Waals surface area contributed by atoms with E-state index in [2.05, 4.69) is 27.8 Å². The highest BCUT2D eigenvalue weighted by Gasteiger charge is 2.43. The third-order valence-corrected chi connectivity index (χ3v) is 2.33. The molecule has 0 radical (unpaired) electrons. The Hall–Kier alpha value is 0.0400. The second-order valence-corrected chi connectivity index (χ2v) is 4.23. The summed E-state index contributed by atoms with van der Waals surface area (Å²) in [5, 5.41) is 2.77. The number of halogens is 3. The maximum absolute atomic E-state index is 13.0. The van der Waals surface area contributed by atoms with Crippen molar-refractivity contribution in [2.75, 3.05) is 6.54 Å². The first kappa shape index (κ1) is 10.1. The van der Waals surface area contributed by atoms with Crippen molar-refractivity contribution < 1.29 is 8.78 Å². The van der Waals surface area contributed by atoms with Crippen molar-refractivity contribution in [2.24, 2.45) is 0 Å². The van der Waals surface area contributed by atoms with E-state index in [1.165, 1.54) is 0 Å². The molecular formula is C8H12BrF2N. The lowest BCUT2D eigenvalue weighted by molar-refractivity contribution is -0.0168. The molecule has 0 heterocycles. The van der Waals surface area contributed by atoms with Gasteiger partial charge in [0.15, 0.2) is 0 Å². The Bertz CT molecular complexity index is 182. The number of hydrogen-bond donors (Lipinski definition) is 1. The van der Waals surface area contributed by atoms with Crippen molar-refractivity contribution in [3.05, 3.63) is 11.1 Å². The van der Waals surface area contributed by atoms with E-state index < -0.39 is 12.0 Å². The molecule has 70 valence electrons. The van der Waals surface area contributed by atoms with Crippen LogP contribution in [0.5, 0.6) is 0 Å². The quantitative estimate of drug-likeness (QED) is 0.799. The van der Waals surface area contributed by atoms with Gasteiger partial charge in [0.2, 0.25) is 0 Å². The van der Waals surface area contributed by atoms with E-state index in [-0.39, 0.29) is 6.42 Å². The molecule has 1 aliphatic carbocycles. The molecule has 1 aliphatic rings. The molecule has 0 amide bonds. The third kappa shape index (κ3) is 2.52. The van der Waals surface area contributed by atoms with Gasteiger partial charge in [0.1, 0.15) is 0 Å². The van der Waals surface area contributed by atoms with E-state index in [9.17, 15) is 8.78 Å². The maximum atomic E-state index is 13.0. The van der Waals surface area contributed by atoms with Gasteiger partial charge in [-0.3, -0.25) is 0 Å². The van der Waals surface area contributed by atoms with Gasteiger partial charge in [0.25, 0.3) is 5.92 Å².